The molecule has 3 rings (SSSR count). The molecule has 1 aromatic rings. The summed E-state index contributed by atoms with van der Waals surface area (Å²) in [5.74, 6) is 0. The Kier molecular flexibility index (Phi) is 6.30. The van der Waals surface area contributed by atoms with Crippen LogP contribution in [0.25, 0.3) is 0 Å². The normalized spacial score (nSPS) is 21.6. The Balaban J connectivity index is 1.70. The molecule has 2 fully saturated rings. The quantitative estimate of drug-likeness (QED) is 0.822. The number of rotatable bonds is 4. The average molecular weight is 415 g/mol. The van der Waals surface area contributed by atoms with E-state index in [9.17, 15) is 13.2 Å². The largest absolute Gasteiger partial charge is 0.323 e. The van der Waals surface area contributed by atoms with Gasteiger partial charge in [0.1, 0.15) is 4.90 Å². The number of piperidine rings is 1. The molecule has 150 valence electrons. The van der Waals surface area contributed by atoms with Gasteiger partial charge in [0.2, 0.25) is 10.0 Å². The first-order valence-electron chi connectivity index (χ1n) is 9.31. The maximum Gasteiger partial charge on any atom is 0.321 e. The van der Waals surface area contributed by atoms with Crippen LogP contribution in [0.1, 0.15) is 25.7 Å². The standard InChI is InChI=1S/C18H27ClN4O3S/c1-21(2)27(25,26)17-12-14(7-8-16(17)19)20-18(24)23-11-5-6-15(13-23)22-9-3-4-10-22/h7-8,12,15H,3-6,9-11,13H2,1-2H3,(H,20,24)/t15-/m1/s1. The number of sulfonamides is 1. The maximum absolute atomic E-state index is 12.7. The van der Waals surface area contributed by atoms with Crippen LogP contribution in [0.5, 0.6) is 0 Å². The predicted octanol–water partition coefficient (Wildman–Crippen LogP) is 2.68. The molecule has 2 aliphatic heterocycles. The summed E-state index contributed by atoms with van der Waals surface area (Å²) in [7, 11) is -0.786. The van der Waals surface area contributed by atoms with Gasteiger partial charge in [-0.1, -0.05) is 11.6 Å². The van der Waals surface area contributed by atoms with Gasteiger partial charge in [-0.05, 0) is 57.0 Å². The molecule has 0 spiro atoms. The zero-order chi connectivity index (χ0) is 19.6. The molecule has 2 saturated heterocycles. The van der Waals surface area contributed by atoms with Gasteiger partial charge in [0, 0.05) is 38.9 Å². The zero-order valence-corrected chi connectivity index (χ0v) is 17.4. The maximum atomic E-state index is 12.7. The Bertz CT molecular complexity index is 794. The summed E-state index contributed by atoms with van der Waals surface area (Å²) in [5.41, 5.74) is 0.424. The molecule has 2 aliphatic rings. The Hall–Kier alpha value is -1.35. The van der Waals surface area contributed by atoms with Crippen molar-refractivity contribution in [2.45, 2.75) is 36.6 Å². The molecule has 1 aromatic carbocycles. The van der Waals surface area contributed by atoms with Crippen molar-refractivity contribution in [3.05, 3.63) is 23.2 Å². The first-order valence-corrected chi connectivity index (χ1v) is 11.1. The van der Waals surface area contributed by atoms with Gasteiger partial charge in [0.25, 0.3) is 0 Å². The highest BCUT2D eigenvalue weighted by Crippen LogP contribution is 2.27. The SMILES string of the molecule is CN(C)S(=O)(=O)c1cc(NC(=O)N2CCC[C@@H](N3CCCC3)C2)ccc1Cl. The fourth-order valence-electron chi connectivity index (χ4n) is 3.72. The molecular weight excluding hydrogens is 388 g/mol. The van der Waals surface area contributed by atoms with E-state index in [0.717, 1.165) is 30.2 Å². The summed E-state index contributed by atoms with van der Waals surface area (Å²) in [6.45, 7) is 3.65. The lowest BCUT2D eigenvalue weighted by Crippen LogP contribution is -2.50. The number of hydrogen-bond acceptors (Lipinski definition) is 4. The van der Waals surface area contributed by atoms with E-state index in [0.29, 0.717) is 24.8 Å². The van der Waals surface area contributed by atoms with Crippen LogP contribution in [0.3, 0.4) is 0 Å². The molecule has 0 unspecified atom stereocenters. The smallest absolute Gasteiger partial charge is 0.321 e. The molecule has 2 amide bonds. The van der Waals surface area contributed by atoms with Gasteiger partial charge in [0.05, 0.1) is 5.02 Å². The number of hydrogen-bond donors (Lipinski definition) is 1. The second-order valence-corrected chi connectivity index (χ2v) is 9.88. The van der Waals surface area contributed by atoms with Crippen LogP contribution in [0.4, 0.5) is 10.5 Å². The lowest BCUT2D eigenvalue weighted by atomic mass is 10.0. The highest BCUT2D eigenvalue weighted by molar-refractivity contribution is 7.89. The molecule has 0 aromatic heterocycles. The first-order chi connectivity index (χ1) is 12.8. The molecular formula is C18H27ClN4O3S. The van der Waals surface area contributed by atoms with Gasteiger partial charge >= 0.3 is 6.03 Å². The monoisotopic (exact) mass is 414 g/mol. The molecule has 0 bridgehead atoms. The number of amides is 2. The van der Waals surface area contributed by atoms with E-state index in [4.69, 9.17) is 11.6 Å². The van der Waals surface area contributed by atoms with Crippen molar-refractivity contribution in [1.82, 2.24) is 14.1 Å². The van der Waals surface area contributed by atoms with Crippen molar-refractivity contribution in [1.29, 1.82) is 0 Å². The number of carbonyl (C=O) groups excluding carboxylic acids is 1. The minimum atomic E-state index is -3.68. The lowest BCUT2D eigenvalue weighted by Gasteiger charge is -2.37. The van der Waals surface area contributed by atoms with Gasteiger partial charge < -0.3 is 10.2 Å². The zero-order valence-electron chi connectivity index (χ0n) is 15.8. The number of anilines is 1. The summed E-state index contributed by atoms with van der Waals surface area (Å²) in [4.78, 5) is 17.0. The highest BCUT2D eigenvalue weighted by atomic mass is 35.5. The van der Waals surface area contributed by atoms with Crippen LogP contribution in [-0.4, -0.2) is 74.9 Å². The molecule has 0 saturated carbocycles. The van der Waals surface area contributed by atoms with E-state index in [-0.39, 0.29) is 15.9 Å². The third-order valence-corrected chi connectivity index (χ3v) is 7.58. The van der Waals surface area contributed by atoms with Crippen molar-refractivity contribution in [3.63, 3.8) is 0 Å². The highest BCUT2D eigenvalue weighted by Gasteiger charge is 2.29. The van der Waals surface area contributed by atoms with Crippen molar-refractivity contribution in [3.8, 4) is 0 Å². The van der Waals surface area contributed by atoms with Crippen LogP contribution in [-0.2, 0) is 10.0 Å². The number of carbonyl (C=O) groups is 1. The van der Waals surface area contributed by atoms with Crippen molar-refractivity contribution >= 4 is 33.3 Å². The van der Waals surface area contributed by atoms with Gasteiger partial charge in [-0.2, -0.15) is 0 Å². The van der Waals surface area contributed by atoms with Gasteiger partial charge in [-0.3, -0.25) is 4.90 Å². The van der Waals surface area contributed by atoms with Gasteiger partial charge in [-0.25, -0.2) is 17.5 Å². The number of nitrogens with zero attached hydrogens (tertiary/aromatic N) is 3. The van der Waals surface area contributed by atoms with E-state index < -0.39 is 10.0 Å². The molecule has 1 N–H and O–H groups in total. The lowest BCUT2D eigenvalue weighted by molar-refractivity contribution is 0.132. The Labute approximate surface area is 166 Å². The van der Waals surface area contributed by atoms with Crippen LogP contribution in [0, 0.1) is 0 Å². The van der Waals surface area contributed by atoms with E-state index >= 15 is 0 Å². The van der Waals surface area contributed by atoms with E-state index in [2.05, 4.69) is 10.2 Å². The number of nitrogens with one attached hydrogen (secondary N) is 1. The number of halogens is 1. The minimum Gasteiger partial charge on any atom is -0.323 e. The van der Waals surface area contributed by atoms with Gasteiger partial charge in [0.15, 0.2) is 0 Å². The summed E-state index contributed by atoms with van der Waals surface area (Å²) >= 11 is 6.07. The van der Waals surface area contributed by atoms with Crippen LogP contribution in [0.15, 0.2) is 23.1 Å². The first kappa shape index (κ1) is 20.4. The van der Waals surface area contributed by atoms with Crippen LogP contribution < -0.4 is 5.32 Å². The second-order valence-electron chi connectivity index (χ2n) is 7.35. The van der Waals surface area contributed by atoms with Crippen molar-refractivity contribution < 1.29 is 13.2 Å². The fourth-order valence-corrected chi connectivity index (χ4v) is 5.12. The van der Waals surface area contributed by atoms with E-state index in [1.807, 2.05) is 4.90 Å². The van der Waals surface area contributed by atoms with E-state index in [1.165, 1.54) is 39.1 Å². The summed E-state index contributed by atoms with van der Waals surface area (Å²) < 4.78 is 25.9. The molecule has 0 aliphatic carbocycles. The van der Waals surface area contributed by atoms with Crippen LogP contribution in [0.2, 0.25) is 5.02 Å². The predicted molar refractivity (Wildman–Crippen MR) is 107 cm³/mol. The van der Waals surface area contributed by atoms with Crippen molar-refractivity contribution in [2.75, 3.05) is 45.6 Å². The molecule has 2 heterocycles. The molecule has 1 atom stereocenters. The summed E-state index contributed by atoms with van der Waals surface area (Å²) in [5, 5.41) is 2.96. The molecule has 7 nitrogen and oxygen atoms in total. The third kappa shape index (κ3) is 4.56. The van der Waals surface area contributed by atoms with Gasteiger partial charge in [-0.15, -0.1) is 0 Å². The van der Waals surface area contributed by atoms with Crippen molar-refractivity contribution in [2.24, 2.45) is 0 Å². The second kappa shape index (κ2) is 8.34. The Morgan fingerprint density at radius 1 is 1.19 bits per heavy atom. The molecule has 27 heavy (non-hydrogen) atoms. The number of urea groups is 1. The Morgan fingerprint density at radius 3 is 2.56 bits per heavy atom. The number of benzene rings is 1. The fraction of sp³-hybridized carbons (Fsp3) is 0.611. The summed E-state index contributed by atoms with van der Waals surface area (Å²) in [6.07, 6.45) is 4.57. The Morgan fingerprint density at radius 2 is 1.89 bits per heavy atom. The van der Waals surface area contributed by atoms with E-state index in [1.54, 1.807) is 6.07 Å². The minimum absolute atomic E-state index is 0.0134. The molecule has 9 heteroatoms. The topological polar surface area (TPSA) is 73.0 Å². The average Bonchev–Trinajstić information content (AvgIpc) is 3.18. The summed E-state index contributed by atoms with van der Waals surface area (Å²) in [6, 6.07) is 4.75. The van der Waals surface area contributed by atoms with Crippen LogP contribution >= 0.6 is 11.6 Å². The third-order valence-electron chi connectivity index (χ3n) is 5.28. The number of likely N-dealkylation sites (tertiary alicyclic amines) is 2. The molecule has 0 radical (unpaired) electrons.